The highest BCUT2D eigenvalue weighted by molar-refractivity contribution is 7.99. The van der Waals surface area contributed by atoms with Crippen LogP contribution in [0.4, 0.5) is 0 Å². The maximum absolute atomic E-state index is 12.2. The summed E-state index contributed by atoms with van der Waals surface area (Å²) >= 11 is 1.71. The van der Waals surface area contributed by atoms with Gasteiger partial charge in [0.2, 0.25) is 0 Å². The van der Waals surface area contributed by atoms with E-state index < -0.39 is 10.0 Å². The monoisotopic (exact) mass is 329 g/mol. The first-order valence-corrected chi connectivity index (χ1v) is 9.93. The average Bonchev–Trinajstić information content (AvgIpc) is 3.27. The number of nitrogens with one attached hydrogen (secondary N) is 2. The van der Waals surface area contributed by atoms with Crippen molar-refractivity contribution >= 4 is 21.8 Å². The maximum Gasteiger partial charge on any atom is 0.258 e. The van der Waals surface area contributed by atoms with Gasteiger partial charge in [0.25, 0.3) is 10.0 Å². The fourth-order valence-electron chi connectivity index (χ4n) is 1.88. The Kier molecular flexibility index (Phi) is 6.04. The molecule has 1 aliphatic rings. The maximum atomic E-state index is 12.2. The minimum Gasteiger partial charge on any atom is -0.310 e. The zero-order valence-electron chi connectivity index (χ0n) is 12.5. The molecular weight excluding hydrogens is 306 g/mol. The minimum atomic E-state index is -3.52. The first kappa shape index (κ1) is 16.7. The summed E-state index contributed by atoms with van der Waals surface area (Å²) in [4.78, 5) is 4.08. The van der Waals surface area contributed by atoms with Gasteiger partial charge in [-0.1, -0.05) is 13.0 Å². The topological polar surface area (TPSA) is 71.1 Å². The van der Waals surface area contributed by atoms with Crippen LogP contribution in [-0.4, -0.2) is 37.0 Å². The van der Waals surface area contributed by atoms with E-state index in [0.717, 1.165) is 23.6 Å². The Morgan fingerprint density at radius 3 is 2.76 bits per heavy atom. The number of hydrogen-bond donors (Lipinski definition) is 2. The van der Waals surface area contributed by atoms with Crippen LogP contribution in [-0.2, 0) is 16.6 Å². The summed E-state index contributed by atoms with van der Waals surface area (Å²) in [6, 6.07) is 3.93. The van der Waals surface area contributed by atoms with Crippen molar-refractivity contribution in [2.45, 2.75) is 50.3 Å². The summed E-state index contributed by atoms with van der Waals surface area (Å²) in [7, 11) is -3.52. The van der Waals surface area contributed by atoms with E-state index in [-0.39, 0.29) is 11.1 Å². The fourth-order valence-corrected chi connectivity index (χ4v) is 3.83. The Balaban J connectivity index is 1.92. The number of pyridine rings is 1. The summed E-state index contributed by atoms with van der Waals surface area (Å²) < 4.78 is 27.0. The third-order valence-corrected chi connectivity index (χ3v) is 5.82. The predicted octanol–water partition coefficient (Wildman–Crippen LogP) is 1.75. The lowest BCUT2D eigenvalue weighted by Crippen LogP contribution is -2.34. The van der Waals surface area contributed by atoms with Crippen molar-refractivity contribution < 1.29 is 8.42 Å². The van der Waals surface area contributed by atoms with Crippen molar-refractivity contribution in [3.63, 3.8) is 0 Å². The van der Waals surface area contributed by atoms with Crippen molar-refractivity contribution in [2.24, 2.45) is 0 Å². The van der Waals surface area contributed by atoms with Crippen LogP contribution in [0.2, 0.25) is 0 Å². The Morgan fingerprint density at radius 2 is 2.19 bits per heavy atom. The van der Waals surface area contributed by atoms with Gasteiger partial charge in [0.1, 0.15) is 0 Å². The van der Waals surface area contributed by atoms with Crippen LogP contribution < -0.4 is 10.0 Å². The standard InChI is InChI=1S/C14H23N3O2S2/c1-3-20-10-11(2)17-21(18,19)14-7-4-12(9-16-14)8-15-13-5-6-13/h4,7,9,11,13,15,17H,3,5-6,8,10H2,1-2H3. The van der Waals surface area contributed by atoms with E-state index in [1.54, 1.807) is 24.0 Å². The summed E-state index contributed by atoms with van der Waals surface area (Å²) in [6.45, 7) is 4.67. The molecule has 0 amide bonds. The molecule has 7 heteroatoms. The molecule has 1 aromatic rings. The van der Waals surface area contributed by atoms with Gasteiger partial charge in [-0.25, -0.2) is 18.1 Å². The van der Waals surface area contributed by atoms with Crippen LogP contribution >= 0.6 is 11.8 Å². The minimum absolute atomic E-state index is 0.0889. The number of thioether (sulfide) groups is 1. The molecule has 0 saturated heterocycles. The molecule has 1 unspecified atom stereocenters. The Morgan fingerprint density at radius 1 is 1.43 bits per heavy atom. The van der Waals surface area contributed by atoms with Gasteiger partial charge in [0.15, 0.2) is 5.03 Å². The van der Waals surface area contributed by atoms with E-state index in [2.05, 4.69) is 21.9 Å². The molecule has 0 radical (unpaired) electrons. The van der Waals surface area contributed by atoms with Crippen molar-refractivity contribution in [1.29, 1.82) is 0 Å². The van der Waals surface area contributed by atoms with Crippen LogP contribution in [0, 0.1) is 0 Å². The second-order valence-electron chi connectivity index (χ2n) is 5.34. The predicted molar refractivity (Wildman–Crippen MR) is 86.9 cm³/mol. The molecule has 1 heterocycles. The van der Waals surface area contributed by atoms with Gasteiger partial charge in [-0.05, 0) is 37.1 Å². The van der Waals surface area contributed by atoms with Crippen LogP contribution in [0.15, 0.2) is 23.4 Å². The van der Waals surface area contributed by atoms with Crippen LogP contribution in [0.25, 0.3) is 0 Å². The highest BCUT2D eigenvalue weighted by Gasteiger charge is 2.21. The molecule has 0 bridgehead atoms. The second kappa shape index (κ2) is 7.58. The molecule has 0 aliphatic heterocycles. The molecule has 21 heavy (non-hydrogen) atoms. The van der Waals surface area contributed by atoms with Gasteiger partial charge >= 0.3 is 0 Å². The fraction of sp³-hybridized carbons (Fsp3) is 0.643. The number of rotatable bonds is 9. The Labute approximate surface area is 131 Å². The van der Waals surface area contributed by atoms with E-state index in [9.17, 15) is 8.42 Å². The van der Waals surface area contributed by atoms with Gasteiger partial charge in [0.05, 0.1) is 0 Å². The second-order valence-corrected chi connectivity index (χ2v) is 8.32. The molecule has 1 aliphatic carbocycles. The Hall–Kier alpha value is -0.630. The largest absolute Gasteiger partial charge is 0.310 e. The zero-order chi connectivity index (χ0) is 15.3. The van der Waals surface area contributed by atoms with Crippen molar-refractivity contribution in [3.05, 3.63) is 23.9 Å². The van der Waals surface area contributed by atoms with E-state index in [1.807, 2.05) is 13.0 Å². The molecule has 1 atom stereocenters. The lowest BCUT2D eigenvalue weighted by atomic mass is 10.3. The first-order valence-electron chi connectivity index (χ1n) is 7.29. The first-order chi connectivity index (χ1) is 10.0. The van der Waals surface area contributed by atoms with E-state index in [4.69, 9.17) is 0 Å². The van der Waals surface area contributed by atoms with Crippen LogP contribution in [0.5, 0.6) is 0 Å². The van der Waals surface area contributed by atoms with E-state index in [1.165, 1.54) is 12.8 Å². The molecule has 1 fully saturated rings. The summed E-state index contributed by atoms with van der Waals surface area (Å²) in [5.41, 5.74) is 1.01. The Bertz CT molecular complexity index is 542. The van der Waals surface area contributed by atoms with Crippen LogP contribution in [0.3, 0.4) is 0 Å². The normalized spacial score (nSPS) is 16.9. The lowest BCUT2D eigenvalue weighted by Gasteiger charge is -2.13. The smallest absolute Gasteiger partial charge is 0.258 e. The zero-order valence-corrected chi connectivity index (χ0v) is 14.1. The van der Waals surface area contributed by atoms with E-state index >= 15 is 0 Å². The molecule has 2 rings (SSSR count). The molecule has 1 saturated carbocycles. The van der Waals surface area contributed by atoms with Crippen molar-refractivity contribution in [2.75, 3.05) is 11.5 Å². The number of nitrogens with zero attached hydrogens (tertiary/aromatic N) is 1. The van der Waals surface area contributed by atoms with Gasteiger partial charge < -0.3 is 5.32 Å². The number of hydrogen-bond acceptors (Lipinski definition) is 5. The molecular formula is C14H23N3O2S2. The number of sulfonamides is 1. The molecule has 1 aromatic heterocycles. The summed E-state index contributed by atoms with van der Waals surface area (Å²) in [6.07, 6.45) is 4.10. The van der Waals surface area contributed by atoms with E-state index in [0.29, 0.717) is 6.04 Å². The third-order valence-electron chi connectivity index (χ3n) is 3.17. The molecule has 2 N–H and O–H groups in total. The number of aromatic nitrogens is 1. The summed E-state index contributed by atoms with van der Waals surface area (Å²) in [5, 5.41) is 3.47. The molecule has 0 aromatic carbocycles. The average molecular weight is 329 g/mol. The highest BCUT2D eigenvalue weighted by atomic mass is 32.2. The van der Waals surface area contributed by atoms with Crippen molar-refractivity contribution in [1.82, 2.24) is 15.0 Å². The third kappa shape index (κ3) is 5.58. The van der Waals surface area contributed by atoms with Crippen LogP contribution in [0.1, 0.15) is 32.3 Å². The molecule has 5 nitrogen and oxygen atoms in total. The quantitative estimate of drug-likeness (QED) is 0.722. The van der Waals surface area contributed by atoms with Gasteiger partial charge in [0, 0.05) is 30.6 Å². The van der Waals surface area contributed by atoms with Crippen molar-refractivity contribution in [3.8, 4) is 0 Å². The highest BCUT2D eigenvalue weighted by Crippen LogP contribution is 2.19. The SMILES string of the molecule is CCSCC(C)NS(=O)(=O)c1ccc(CNC2CC2)cn1. The van der Waals surface area contributed by atoms with Gasteiger partial charge in [-0.3, -0.25) is 0 Å². The molecule has 118 valence electrons. The van der Waals surface area contributed by atoms with Gasteiger partial charge in [-0.15, -0.1) is 0 Å². The molecule has 0 spiro atoms. The lowest BCUT2D eigenvalue weighted by molar-refractivity contribution is 0.567. The summed E-state index contributed by atoms with van der Waals surface area (Å²) in [5.74, 6) is 1.74. The van der Waals surface area contributed by atoms with Gasteiger partial charge in [-0.2, -0.15) is 11.8 Å².